The van der Waals surface area contributed by atoms with Gasteiger partial charge in [-0.3, -0.25) is 9.36 Å². The molecule has 160 valence electrons. The van der Waals surface area contributed by atoms with E-state index in [0.717, 1.165) is 0 Å². The van der Waals surface area contributed by atoms with Crippen molar-refractivity contribution in [1.82, 2.24) is 8.87 Å². The van der Waals surface area contributed by atoms with Crippen molar-refractivity contribution in [3.8, 4) is 12.0 Å². The number of rotatable bonds is 5. The van der Waals surface area contributed by atoms with Crippen LogP contribution in [0.1, 0.15) is 21.7 Å². The minimum atomic E-state index is -3.70. The number of sulfonamides is 1. The van der Waals surface area contributed by atoms with E-state index in [2.05, 4.69) is 5.32 Å². The maximum Gasteiger partial charge on any atom is 0.260 e. The molecule has 1 N–H and O–H groups in total. The average molecular weight is 440 g/mol. The van der Waals surface area contributed by atoms with Gasteiger partial charge in [0.25, 0.3) is 5.91 Å². The number of carbonyl (C=O) groups is 1. The number of aromatic nitrogens is 1. The Morgan fingerprint density at radius 2 is 1.87 bits per heavy atom. The lowest BCUT2D eigenvalue weighted by Crippen LogP contribution is -2.40. The number of carbonyl (C=O) groups excluding carboxylic acids is 1. The Morgan fingerprint density at radius 3 is 2.55 bits per heavy atom. The van der Waals surface area contributed by atoms with Gasteiger partial charge in [-0.15, -0.1) is 0 Å². The number of furan rings is 1. The molecule has 4 rings (SSSR count). The van der Waals surface area contributed by atoms with Gasteiger partial charge in [0, 0.05) is 31.2 Å². The predicted molar refractivity (Wildman–Crippen MR) is 111 cm³/mol. The summed E-state index contributed by atoms with van der Waals surface area (Å²) in [7, 11) is -3.70. The van der Waals surface area contributed by atoms with E-state index in [9.17, 15) is 18.5 Å². The number of anilines is 1. The van der Waals surface area contributed by atoms with Crippen molar-refractivity contribution in [3.05, 3.63) is 65.7 Å². The molecule has 1 fully saturated rings. The topological polar surface area (TPSA) is 118 Å². The fourth-order valence-electron chi connectivity index (χ4n) is 3.42. The van der Waals surface area contributed by atoms with Gasteiger partial charge in [0.05, 0.1) is 18.1 Å². The first-order chi connectivity index (χ1) is 14.9. The molecule has 2 aromatic heterocycles. The lowest BCUT2D eigenvalue weighted by molar-refractivity contribution is 0.0730. The Bertz CT molecular complexity index is 1250. The highest BCUT2D eigenvalue weighted by molar-refractivity contribution is 7.89. The molecule has 3 heterocycles. The number of nitrogens with zero attached hydrogens (tertiary/aromatic N) is 3. The highest BCUT2D eigenvalue weighted by Gasteiger charge is 2.28. The summed E-state index contributed by atoms with van der Waals surface area (Å²) in [5, 5.41) is 12.3. The molecule has 0 aliphatic carbocycles. The average Bonchev–Trinajstić information content (AvgIpc) is 3.42. The van der Waals surface area contributed by atoms with Crippen LogP contribution in [0.3, 0.4) is 0 Å². The Balaban J connectivity index is 1.62. The van der Waals surface area contributed by atoms with Crippen LogP contribution < -0.4 is 5.32 Å². The smallest absolute Gasteiger partial charge is 0.260 e. The second-order valence-electron chi connectivity index (χ2n) is 6.91. The Morgan fingerprint density at radius 1 is 1.16 bits per heavy atom. The Labute approximate surface area is 179 Å². The zero-order valence-corrected chi connectivity index (χ0v) is 17.6. The fourth-order valence-corrected chi connectivity index (χ4v) is 4.88. The van der Waals surface area contributed by atoms with Gasteiger partial charge in [-0.25, -0.2) is 8.42 Å². The summed E-state index contributed by atoms with van der Waals surface area (Å²) in [6.45, 7) is 2.84. The predicted octanol–water partition coefficient (Wildman–Crippen LogP) is 2.52. The first kappa shape index (κ1) is 20.9. The molecule has 1 saturated heterocycles. The van der Waals surface area contributed by atoms with Crippen molar-refractivity contribution in [1.29, 1.82) is 5.26 Å². The Kier molecular flexibility index (Phi) is 5.65. The molecule has 0 spiro atoms. The van der Waals surface area contributed by atoms with Gasteiger partial charge in [0.2, 0.25) is 15.9 Å². The van der Waals surface area contributed by atoms with Gasteiger partial charge in [0.1, 0.15) is 23.0 Å². The van der Waals surface area contributed by atoms with E-state index < -0.39 is 15.9 Å². The summed E-state index contributed by atoms with van der Waals surface area (Å²) in [5.41, 5.74) is 0.502. The van der Waals surface area contributed by atoms with Crippen LogP contribution in [-0.2, 0) is 14.8 Å². The lowest BCUT2D eigenvalue weighted by atomic mass is 10.1. The van der Waals surface area contributed by atoms with E-state index in [0.29, 0.717) is 18.9 Å². The van der Waals surface area contributed by atoms with E-state index >= 15 is 0 Å². The SMILES string of the molecule is Cc1oc(-n2cccc2)c(C#N)c1C(=O)Nc1cccc(S(=O)(=O)N2CCOCC2)c1. The number of amides is 1. The van der Waals surface area contributed by atoms with Crippen LogP contribution in [0.2, 0.25) is 0 Å². The fraction of sp³-hybridized carbons (Fsp3) is 0.238. The van der Waals surface area contributed by atoms with E-state index in [4.69, 9.17) is 9.15 Å². The van der Waals surface area contributed by atoms with Gasteiger partial charge in [0.15, 0.2) is 0 Å². The van der Waals surface area contributed by atoms with Gasteiger partial charge >= 0.3 is 0 Å². The third-order valence-corrected chi connectivity index (χ3v) is 6.84. The van der Waals surface area contributed by atoms with Crippen LogP contribution in [0.25, 0.3) is 5.88 Å². The number of aryl methyl sites for hydroxylation is 1. The molecule has 1 amide bonds. The molecule has 31 heavy (non-hydrogen) atoms. The van der Waals surface area contributed by atoms with Gasteiger partial charge in [-0.2, -0.15) is 9.57 Å². The van der Waals surface area contributed by atoms with Crippen molar-refractivity contribution in [3.63, 3.8) is 0 Å². The van der Waals surface area contributed by atoms with Gasteiger partial charge in [-0.05, 0) is 37.3 Å². The molecular weight excluding hydrogens is 420 g/mol. The summed E-state index contributed by atoms with van der Waals surface area (Å²) in [4.78, 5) is 13.0. The molecule has 1 aliphatic heterocycles. The largest absolute Gasteiger partial charge is 0.443 e. The second-order valence-corrected chi connectivity index (χ2v) is 8.85. The highest BCUT2D eigenvalue weighted by Crippen LogP contribution is 2.27. The molecule has 3 aromatic rings. The molecular formula is C21H20N4O5S. The van der Waals surface area contributed by atoms with E-state index in [1.165, 1.54) is 16.4 Å². The van der Waals surface area contributed by atoms with Gasteiger partial charge < -0.3 is 14.5 Å². The van der Waals surface area contributed by atoms with Crippen molar-refractivity contribution < 1.29 is 22.4 Å². The number of hydrogen-bond donors (Lipinski definition) is 1. The van der Waals surface area contributed by atoms with Crippen LogP contribution in [-0.4, -0.2) is 49.5 Å². The van der Waals surface area contributed by atoms with Crippen molar-refractivity contribution in [2.45, 2.75) is 11.8 Å². The molecule has 1 aromatic carbocycles. The number of benzene rings is 1. The van der Waals surface area contributed by atoms with E-state index in [-0.39, 0.29) is 40.8 Å². The van der Waals surface area contributed by atoms with Crippen LogP contribution in [0.5, 0.6) is 0 Å². The number of nitriles is 1. The summed E-state index contributed by atoms with van der Waals surface area (Å²) >= 11 is 0. The molecule has 10 heteroatoms. The highest BCUT2D eigenvalue weighted by atomic mass is 32.2. The normalized spacial score (nSPS) is 14.8. The van der Waals surface area contributed by atoms with E-state index in [1.54, 1.807) is 48.1 Å². The molecule has 0 atom stereocenters. The first-order valence-electron chi connectivity index (χ1n) is 9.58. The van der Waals surface area contributed by atoms with Crippen LogP contribution in [0.15, 0.2) is 58.1 Å². The summed E-state index contributed by atoms with van der Waals surface area (Å²) in [6, 6.07) is 11.6. The number of ether oxygens (including phenoxy) is 1. The lowest BCUT2D eigenvalue weighted by Gasteiger charge is -2.26. The van der Waals surface area contributed by atoms with Crippen LogP contribution in [0, 0.1) is 18.3 Å². The van der Waals surface area contributed by atoms with Crippen molar-refractivity contribution in [2.75, 3.05) is 31.6 Å². The molecule has 0 unspecified atom stereocenters. The minimum Gasteiger partial charge on any atom is -0.443 e. The zero-order valence-electron chi connectivity index (χ0n) is 16.7. The van der Waals surface area contributed by atoms with Crippen LogP contribution in [0.4, 0.5) is 5.69 Å². The first-order valence-corrected chi connectivity index (χ1v) is 11.0. The molecule has 0 bridgehead atoms. The Hall–Kier alpha value is -3.39. The number of nitrogens with one attached hydrogen (secondary N) is 1. The number of hydrogen-bond acceptors (Lipinski definition) is 6. The zero-order chi connectivity index (χ0) is 22.0. The van der Waals surface area contributed by atoms with Crippen LogP contribution >= 0.6 is 0 Å². The number of morpholine rings is 1. The standard InChI is InChI=1S/C21H20N4O5S/c1-15-19(18(14-22)21(30-15)24-7-2-3-8-24)20(26)23-16-5-4-6-17(13-16)31(27,28)25-9-11-29-12-10-25/h2-8,13H,9-12H2,1H3,(H,23,26). The van der Waals surface area contributed by atoms with Crippen molar-refractivity contribution in [2.24, 2.45) is 0 Å². The molecule has 0 saturated carbocycles. The quantitative estimate of drug-likeness (QED) is 0.651. The van der Waals surface area contributed by atoms with Gasteiger partial charge in [-0.1, -0.05) is 6.07 Å². The molecule has 0 radical (unpaired) electrons. The molecule has 9 nitrogen and oxygen atoms in total. The second kappa shape index (κ2) is 8.39. The van der Waals surface area contributed by atoms with E-state index in [1.807, 2.05) is 6.07 Å². The maximum absolute atomic E-state index is 13.0. The van der Waals surface area contributed by atoms with Crippen molar-refractivity contribution >= 4 is 21.6 Å². The maximum atomic E-state index is 13.0. The summed E-state index contributed by atoms with van der Waals surface area (Å²) in [5.74, 6) is -0.0224. The monoisotopic (exact) mass is 440 g/mol. The third kappa shape index (κ3) is 3.98. The third-order valence-electron chi connectivity index (χ3n) is 4.94. The summed E-state index contributed by atoms with van der Waals surface area (Å²) < 4.78 is 39.6. The minimum absolute atomic E-state index is 0.0738. The molecule has 1 aliphatic rings. The summed E-state index contributed by atoms with van der Waals surface area (Å²) in [6.07, 6.45) is 3.42.